The minimum atomic E-state index is -1.05. The van der Waals surface area contributed by atoms with E-state index in [4.69, 9.17) is 21.4 Å². The van der Waals surface area contributed by atoms with E-state index in [9.17, 15) is 19.2 Å². The van der Waals surface area contributed by atoms with E-state index in [0.29, 0.717) is 27.6 Å². The van der Waals surface area contributed by atoms with Gasteiger partial charge in [-0.2, -0.15) is 0 Å². The minimum Gasteiger partial charge on any atom is -0.496 e. The van der Waals surface area contributed by atoms with Crippen molar-refractivity contribution in [2.45, 2.75) is 25.8 Å². The Hall–Kier alpha value is -3.11. The smallest absolute Gasteiger partial charge is 0.345 e. The van der Waals surface area contributed by atoms with Crippen LogP contribution in [-0.4, -0.2) is 54.0 Å². The van der Waals surface area contributed by atoms with E-state index in [1.807, 2.05) is 6.92 Å². The predicted octanol–water partition coefficient (Wildman–Crippen LogP) is 3.09. The van der Waals surface area contributed by atoms with Gasteiger partial charge in [0.25, 0.3) is 0 Å². The van der Waals surface area contributed by atoms with Crippen LogP contribution in [-0.2, 0) is 16.0 Å². The maximum Gasteiger partial charge on any atom is 0.345 e. The van der Waals surface area contributed by atoms with Crippen molar-refractivity contribution >= 4 is 46.8 Å². The largest absolute Gasteiger partial charge is 0.496 e. The molecular formula is C22H24ClN3O6S. The number of carbonyl (C=O) groups excluding carboxylic acids is 3. The van der Waals surface area contributed by atoms with Gasteiger partial charge in [0.15, 0.2) is 0 Å². The molecule has 0 radical (unpaired) electrons. The quantitative estimate of drug-likeness (QED) is 0.544. The molecule has 2 heterocycles. The van der Waals surface area contributed by atoms with Crippen LogP contribution in [0.1, 0.15) is 39.5 Å². The molecule has 1 aromatic carbocycles. The van der Waals surface area contributed by atoms with E-state index in [1.165, 1.54) is 13.2 Å². The van der Waals surface area contributed by atoms with Gasteiger partial charge in [0.05, 0.1) is 19.1 Å². The molecule has 176 valence electrons. The Morgan fingerprint density at radius 3 is 2.73 bits per heavy atom. The first-order valence-corrected chi connectivity index (χ1v) is 11.5. The number of rotatable bonds is 7. The Morgan fingerprint density at radius 1 is 1.33 bits per heavy atom. The Morgan fingerprint density at radius 2 is 2.09 bits per heavy atom. The maximum atomic E-state index is 13.2. The molecule has 0 unspecified atom stereocenters. The summed E-state index contributed by atoms with van der Waals surface area (Å²) in [5.74, 6) is -2.14. The van der Waals surface area contributed by atoms with Crippen molar-refractivity contribution in [2.75, 3.05) is 20.2 Å². The van der Waals surface area contributed by atoms with Gasteiger partial charge >= 0.3 is 12.0 Å². The predicted molar refractivity (Wildman–Crippen MR) is 123 cm³/mol. The maximum absolute atomic E-state index is 13.2. The molecular weight excluding hydrogens is 470 g/mol. The molecule has 33 heavy (non-hydrogen) atoms. The number of hydrogen-bond donors (Lipinski definition) is 3. The van der Waals surface area contributed by atoms with Gasteiger partial charge in [-0.05, 0) is 48.7 Å². The van der Waals surface area contributed by atoms with Crippen LogP contribution in [0.4, 0.5) is 4.79 Å². The van der Waals surface area contributed by atoms with Crippen LogP contribution in [0, 0.1) is 5.92 Å². The van der Waals surface area contributed by atoms with Crippen LogP contribution < -0.4 is 15.4 Å². The summed E-state index contributed by atoms with van der Waals surface area (Å²) in [5, 5.41) is 15.1. The van der Waals surface area contributed by atoms with Crippen LogP contribution in [0.2, 0.25) is 5.02 Å². The van der Waals surface area contributed by atoms with Gasteiger partial charge in [-0.3, -0.25) is 14.5 Å². The second kappa shape index (κ2) is 10.7. The number of urea groups is 1. The summed E-state index contributed by atoms with van der Waals surface area (Å²) in [6.45, 7) is 1.49. The molecule has 0 aliphatic carbocycles. The zero-order valence-electron chi connectivity index (χ0n) is 18.1. The number of methoxy groups -OCH3 is 1. The molecule has 1 aliphatic rings. The van der Waals surface area contributed by atoms with Gasteiger partial charge < -0.3 is 20.5 Å². The minimum absolute atomic E-state index is 0.0707. The molecule has 1 saturated heterocycles. The van der Waals surface area contributed by atoms with Crippen molar-refractivity contribution in [1.29, 1.82) is 0 Å². The van der Waals surface area contributed by atoms with Crippen LogP contribution in [0.3, 0.4) is 0 Å². The van der Waals surface area contributed by atoms with Crippen LogP contribution >= 0.6 is 22.9 Å². The molecule has 0 saturated carbocycles. The van der Waals surface area contributed by atoms with E-state index in [0.717, 1.165) is 16.2 Å². The van der Waals surface area contributed by atoms with E-state index in [-0.39, 0.29) is 17.8 Å². The lowest BCUT2D eigenvalue weighted by molar-refractivity contribution is -0.133. The second-order valence-corrected chi connectivity index (χ2v) is 9.05. The number of carbonyl (C=O) groups is 4. The van der Waals surface area contributed by atoms with Gasteiger partial charge in [-0.1, -0.05) is 18.5 Å². The fourth-order valence-corrected chi connectivity index (χ4v) is 4.76. The SMILES string of the molecule is CC[C@@H](NC(=O)N1CC(=O)NC[C@@H](Cc2cc(Cl)ccc2OC)C1=O)c1ccc(C(=O)O)s1. The number of benzene rings is 1. The van der Waals surface area contributed by atoms with Gasteiger partial charge in [0.2, 0.25) is 11.8 Å². The molecule has 1 aromatic heterocycles. The molecule has 2 atom stereocenters. The highest BCUT2D eigenvalue weighted by Crippen LogP contribution is 2.28. The average Bonchev–Trinajstić information content (AvgIpc) is 3.23. The Balaban J connectivity index is 1.79. The summed E-state index contributed by atoms with van der Waals surface area (Å²) in [6.07, 6.45) is 0.694. The number of nitrogens with one attached hydrogen (secondary N) is 2. The lowest BCUT2D eigenvalue weighted by atomic mass is 9.97. The monoisotopic (exact) mass is 493 g/mol. The zero-order valence-corrected chi connectivity index (χ0v) is 19.7. The van der Waals surface area contributed by atoms with Crippen molar-refractivity contribution < 1.29 is 29.0 Å². The standard InChI is InChI=1S/C22H24ClN3O6S/c1-3-15(17-6-7-18(33-17)21(29)30)25-22(31)26-11-19(27)24-10-13(20(26)28)8-12-9-14(23)4-5-16(12)32-2/h4-7,9,13,15H,3,8,10-11H2,1-2H3,(H,24,27)(H,25,31)(H,29,30)/t13-,15-/m1/s1. The van der Waals surface area contributed by atoms with Crippen molar-refractivity contribution in [3.8, 4) is 5.75 Å². The number of imide groups is 1. The highest BCUT2D eigenvalue weighted by atomic mass is 35.5. The normalized spacial score (nSPS) is 17.2. The van der Waals surface area contributed by atoms with Crippen LogP contribution in [0.25, 0.3) is 0 Å². The summed E-state index contributed by atoms with van der Waals surface area (Å²) in [6, 6.07) is 6.95. The number of aromatic carboxylic acids is 1. The molecule has 0 bridgehead atoms. The Kier molecular flexibility index (Phi) is 7.93. The van der Waals surface area contributed by atoms with Gasteiger partial charge in [0.1, 0.15) is 17.2 Å². The van der Waals surface area contributed by atoms with E-state index in [1.54, 1.807) is 24.3 Å². The fourth-order valence-electron chi connectivity index (χ4n) is 3.58. The zero-order chi connectivity index (χ0) is 24.1. The van der Waals surface area contributed by atoms with Crippen molar-refractivity contribution in [3.63, 3.8) is 0 Å². The Labute approximate surface area is 199 Å². The molecule has 0 spiro atoms. The third-order valence-corrected chi connectivity index (χ3v) is 6.73. The first-order valence-electron chi connectivity index (χ1n) is 10.3. The average molecular weight is 494 g/mol. The van der Waals surface area contributed by atoms with E-state index >= 15 is 0 Å². The van der Waals surface area contributed by atoms with Gasteiger partial charge in [-0.15, -0.1) is 11.3 Å². The number of thiophene rings is 1. The summed E-state index contributed by atoms with van der Waals surface area (Å²) < 4.78 is 5.35. The fraction of sp³-hybridized carbons (Fsp3) is 0.364. The number of ether oxygens (including phenoxy) is 1. The van der Waals surface area contributed by atoms with Gasteiger partial charge in [0, 0.05) is 16.4 Å². The molecule has 3 N–H and O–H groups in total. The van der Waals surface area contributed by atoms with Crippen molar-refractivity contribution in [2.24, 2.45) is 5.92 Å². The summed E-state index contributed by atoms with van der Waals surface area (Å²) in [4.78, 5) is 51.4. The van der Waals surface area contributed by atoms with E-state index in [2.05, 4.69) is 10.6 Å². The number of amides is 4. The molecule has 3 rings (SSSR count). The lowest BCUT2D eigenvalue weighted by Crippen LogP contribution is -2.48. The lowest BCUT2D eigenvalue weighted by Gasteiger charge is -2.25. The number of carboxylic acid groups (broad SMARTS) is 1. The second-order valence-electron chi connectivity index (χ2n) is 7.50. The van der Waals surface area contributed by atoms with Crippen molar-refractivity contribution in [3.05, 3.63) is 50.7 Å². The number of hydrogen-bond acceptors (Lipinski definition) is 6. The van der Waals surface area contributed by atoms with Crippen LogP contribution in [0.5, 0.6) is 5.75 Å². The summed E-state index contributed by atoms with van der Waals surface area (Å²) in [5.41, 5.74) is 0.686. The first-order chi connectivity index (χ1) is 15.7. The summed E-state index contributed by atoms with van der Waals surface area (Å²) >= 11 is 7.15. The summed E-state index contributed by atoms with van der Waals surface area (Å²) in [7, 11) is 1.51. The molecule has 1 fully saturated rings. The third-order valence-electron chi connectivity index (χ3n) is 5.30. The van der Waals surface area contributed by atoms with Crippen LogP contribution in [0.15, 0.2) is 30.3 Å². The third kappa shape index (κ3) is 5.82. The highest BCUT2D eigenvalue weighted by Gasteiger charge is 2.35. The van der Waals surface area contributed by atoms with E-state index < -0.39 is 42.3 Å². The number of nitrogens with zero attached hydrogens (tertiary/aromatic N) is 1. The van der Waals surface area contributed by atoms with Gasteiger partial charge in [-0.25, -0.2) is 9.59 Å². The topological polar surface area (TPSA) is 125 Å². The number of carboxylic acids is 1. The Bertz CT molecular complexity index is 1070. The molecule has 2 aromatic rings. The number of halogens is 1. The molecule has 11 heteroatoms. The molecule has 9 nitrogen and oxygen atoms in total. The molecule has 4 amide bonds. The first kappa shape index (κ1) is 24.5. The van der Waals surface area contributed by atoms with Crippen molar-refractivity contribution in [1.82, 2.24) is 15.5 Å². The highest BCUT2D eigenvalue weighted by molar-refractivity contribution is 7.14. The molecule has 1 aliphatic heterocycles.